The van der Waals surface area contributed by atoms with Gasteiger partial charge in [0.1, 0.15) is 23.9 Å². The van der Waals surface area contributed by atoms with Crippen LogP contribution in [0.25, 0.3) is 28.0 Å². The number of aliphatic hydroxyl groups is 1. The number of hydrogen-bond donors (Lipinski definition) is 5. The quantitative estimate of drug-likeness (QED) is 0.0801. The van der Waals surface area contributed by atoms with Crippen LogP contribution in [0.2, 0.25) is 0 Å². The third kappa shape index (κ3) is 7.06. The summed E-state index contributed by atoms with van der Waals surface area (Å²) in [5.74, 6) is -0.482. The summed E-state index contributed by atoms with van der Waals surface area (Å²) in [5.41, 5.74) is 4.22. The molecule has 326 valence electrons. The molecule has 0 radical (unpaired) electrons. The zero-order valence-corrected chi connectivity index (χ0v) is 35.2. The number of carbonyl (C=O) groups excluding carboxylic acids is 2. The summed E-state index contributed by atoms with van der Waals surface area (Å²) in [6, 6.07) is 12.1. The van der Waals surface area contributed by atoms with Crippen molar-refractivity contribution in [2.24, 2.45) is 10.9 Å². The fourth-order valence-electron chi connectivity index (χ4n) is 9.10. The number of pyridine rings is 1. The van der Waals surface area contributed by atoms with Crippen LogP contribution in [0, 0.1) is 5.92 Å². The number of esters is 1. The molecule has 5 N–H and O–H groups in total. The van der Waals surface area contributed by atoms with Crippen molar-refractivity contribution >= 4 is 28.7 Å². The number of aromatic amines is 1. The lowest BCUT2D eigenvalue weighted by atomic mass is 9.80. The van der Waals surface area contributed by atoms with Gasteiger partial charge in [0.15, 0.2) is 11.4 Å². The molecule has 1 amide bonds. The lowest BCUT2D eigenvalue weighted by molar-refractivity contribution is -0.172. The van der Waals surface area contributed by atoms with E-state index in [0.717, 1.165) is 27.7 Å². The summed E-state index contributed by atoms with van der Waals surface area (Å²) in [6.07, 6.45) is 6.02. The second-order valence-corrected chi connectivity index (χ2v) is 16.4. The number of amides is 1. The molecule has 0 bridgehead atoms. The van der Waals surface area contributed by atoms with Crippen molar-refractivity contribution in [1.82, 2.24) is 29.2 Å². The zero-order chi connectivity index (χ0) is 44.3. The highest BCUT2D eigenvalue weighted by atomic mass is 16.6. The van der Waals surface area contributed by atoms with E-state index >= 15 is 0 Å². The molecule has 0 saturated carbocycles. The molecule has 2 aromatic carbocycles. The molecule has 17 nitrogen and oxygen atoms in total. The first-order chi connectivity index (χ1) is 30.3. The lowest BCUT2D eigenvalue weighted by Gasteiger charge is -2.32. The number of cyclic esters (lactones) is 1. The van der Waals surface area contributed by atoms with Gasteiger partial charge < -0.3 is 44.0 Å². The number of nitrogens with one attached hydrogen (secondary N) is 2. The number of H-pyrrole nitrogens is 1. The standard InChI is InChI=1S/C46H47N7O10/c1-5-28-30-18-27(8-9-35(30)48-40-32(28)22-52-37(40)20-34-33(42(52)56)23-62-43(57)46(34,60)6-2)63-45(59)47-12-15-61-16-14-51-13-11-25-17-26(7-10-36(25)51)53-41(49-50-44(53)58)31-19-29(24(3)4)38(54)21-39(31)55/h7-11,13,17,19-21,24,30,54-55,60H,5-6,12,14-16,18,22-23H2,1-4H3,(H,47,59)(H,50,58). The summed E-state index contributed by atoms with van der Waals surface area (Å²) >= 11 is 0. The van der Waals surface area contributed by atoms with E-state index in [4.69, 9.17) is 19.2 Å². The van der Waals surface area contributed by atoms with Crippen molar-refractivity contribution < 1.29 is 39.1 Å². The molecule has 3 aliphatic heterocycles. The monoisotopic (exact) mass is 857 g/mol. The van der Waals surface area contributed by atoms with Gasteiger partial charge in [-0.1, -0.05) is 33.3 Å². The van der Waals surface area contributed by atoms with Crippen molar-refractivity contribution in [1.29, 1.82) is 0 Å². The molecule has 63 heavy (non-hydrogen) atoms. The summed E-state index contributed by atoms with van der Waals surface area (Å²) in [4.78, 5) is 57.0. The maximum Gasteiger partial charge on any atom is 0.412 e. The number of phenolic OH excluding ortho intramolecular Hbond substituents is 2. The topological polar surface area (TPSA) is 225 Å². The number of allylic oxidation sites excluding steroid dienone is 5. The van der Waals surface area contributed by atoms with Gasteiger partial charge in [-0.2, -0.15) is 5.10 Å². The van der Waals surface area contributed by atoms with Crippen LogP contribution < -0.4 is 16.6 Å². The van der Waals surface area contributed by atoms with Gasteiger partial charge in [0.25, 0.3) is 5.56 Å². The van der Waals surface area contributed by atoms with Crippen LogP contribution in [0.3, 0.4) is 0 Å². The van der Waals surface area contributed by atoms with Crippen LogP contribution >= 0.6 is 0 Å². The van der Waals surface area contributed by atoms with Crippen LogP contribution in [0.15, 0.2) is 98.0 Å². The van der Waals surface area contributed by atoms with E-state index in [1.807, 2.05) is 55.8 Å². The Balaban J connectivity index is 0.798. The number of dihydropyridines is 1. The smallest absolute Gasteiger partial charge is 0.412 e. The number of hydrogen-bond acceptors (Lipinski definition) is 12. The number of rotatable bonds is 12. The van der Waals surface area contributed by atoms with Gasteiger partial charge in [0.2, 0.25) is 0 Å². The molecule has 1 aliphatic carbocycles. The number of ether oxygens (including phenoxy) is 3. The van der Waals surface area contributed by atoms with E-state index in [9.17, 15) is 34.5 Å². The number of aliphatic imine (C=N–C) groups is 1. The number of benzene rings is 2. The van der Waals surface area contributed by atoms with E-state index in [0.29, 0.717) is 66.5 Å². The number of aromatic hydroxyl groups is 2. The Kier molecular flexibility index (Phi) is 10.5. The second kappa shape index (κ2) is 16.0. The van der Waals surface area contributed by atoms with E-state index in [-0.39, 0.29) is 72.0 Å². The van der Waals surface area contributed by atoms with Crippen LogP contribution in [-0.2, 0) is 44.3 Å². The van der Waals surface area contributed by atoms with Crippen LogP contribution in [-0.4, -0.2) is 76.8 Å². The minimum absolute atomic E-state index is 0.0280. The summed E-state index contributed by atoms with van der Waals surface area (Å²) in [5, 5.41) is 42.5. The van der Waals surface area contributed by atoms with Crippen molar-refractivity contribution in [3.05, 3.63) is 127 Å². The Morgan fingerprint density at radius 2 is 1.89 bits per heavy atom. The molecule has 9 rings (SSSR count). The number of aromatic nitrogens is 5. The number of fused-ring (bicyclic) bond motifs is 6. The molecule has 2 atom stereocenters. The highest BCUT2D eigenvalue weighted by Gasteiger charge is 2.46. The fourth-order valence-corrected chi connectivity index (χ4v) is 9.10. The first-order valence-electron chi connectivity index (χ1n) is 21.1. The molecule has 2 unspecified atom stereocenters. The molecule has 4 aliphatic rings. The highest BCUT2D eigenvalue weighted by Crippen LogP contribution is 2.44. The summed E-state index contributed by atoms with van der Waals surface area (Å²) < 4.78 is 21.8. The van der Waals surface area contributed by atoms with Gasteiger partial charge in [0, 0.05) is 59.9 Å². The first-order valence-corrected chi connectivity index (χ1v) is 21.1. The Morgan fingerprint density at radius 1 is 1.06 bits per heavy atom. The van der Waals surface area contributed by atoms with Crippen molar-refractivity contribution in [3.8, 4) is 28.6 Å². The van der Waals surface area contributed by atoms with Crippen LogP contribution in [0.4, 0.5) is 4.79 Å². The zero-order valence-electron chi connectivity index (χ0n) is 35.2. The van der Waals surface area contributed by atoms with Crippen LogP contribution in [0.5, 0.6) is 11.5 Å². The van der Waals surface area contributed by atoms with Gasteiger partial charge in [0.05, 0.1) is 48.0 Å². The largest absolute Gasteiger partial charge is 0.508 e. The molecule has 0 saturated heterocycles. The Bertz CT molecular complexity index is 2980. The Hall–Kier alpha value is -6.98. The number of alkyl carbamates (subject to hydrolysis) is 1. The van der Waals surface area contributed by atoms with Crippen molar-refractivity contribution in [2.45, 2.75) is 78.2 Å². The van der Waals surface area contributed by atoms with Crippen LogP contribution in [0.1, 0.15) is 75.3 Å². The van der Waals surface area contributed by atoms with Gasteiger partial charge in [-0.15, -0.1) is 0 Å². The average Bonchev–Trinajstić information content (AvgIpc) is 3.97. The SMILES string of the molecule is CCC1=C2Cn3c(cc4c(c3=O)COC(=O)C4(O)CC)C2=NC2=CC=C(OC(=O)NCCOCCn3ccc4cc(-n5c(-c6cc(C(C)C)c(O)cc6O)n[nH]c5=O)ccc43)CC21. The lowest BCUT2D eigenvalue weighted by Crippen LogP contribution is -2.44. The maximum absolute atomic E-state index is 13.7. The molecule has 0 spiro atoms. The van der Waals surface area contributed by atoms with Gasteiger partial charge in [-0.05, 0) is 78.4 Å². The van der Waals surface area contributed by atoms with E-state index < -0.39 is 23.4 Å². The Morgan fingerprint density at radius 3 is 2.67 bits per heavy atom. The number of carbonyl (C=O) groups is 2. The molecular formula is C46H47N7O10. The molecule has 17 heteroatoms. The minimum atomic E-state index is -1.90. The van der Waals surface area contributed by atoms with Gasteiger partial charge in [-0.25, -0.2) is 24.0 Å². The summed E-state index contributed by atoms with van der Waals surface area (Å²) in [7, 11) is 0. The predicted octanol–water partition coefficient (Wildman–Crippen LogP) is 5.29. The van der Waals surface area contributed by atoms with Crippen molar-refractivity contribution in [3.63, 3.8) is 0 Å². The third-order valence-electron chi connectivity index (χ3n) is 12.4. The molecular weight excluding hydrogens is 811 g/mol. The predicted molar refractivity (Wildman–Crippen MR) is 231 cm³/mol. The fraction of sp³-hybridized carbons (Fsp3) is 0.348. The average molecular weight is 858 g/mol. The van der Waals surface area contributed by atoms with E-state index in [2.05, 4.69) is 15.5 Å². The van der Waals surface area contributed by atoms with E-state index in [1.165, 1.54) is 10.6 Å². The first kappa shape index (κ1) is 41.4. The maximum atomic E-state index is 13.7. The van der Waals surface area contributed by atoms with Crippen molar-refractivity contribution in [2.75, 3.05) is 19.8 Å². The Labute approximate surface area is 360 Å². The minimum Gasteiger partial charge on any atom is -0.508 e. The number of phenols is 2. The third-order valence-corrected chi connectivity index (χ3v) is 12.4. The molecule has 3 aromatic heterocycles. The van der Waals surface area contributed by atoms with Gasteiger partial charge >= 0.3 is 17.8 Å². The number of nitrogens with zero attached hydrogens (tertiary/aromatic N) is 5. The second-order valence-electron chi connectivity index (χ2n) is 16.4. The van der Waals surface area contributed by atoms with E-state index in [1.54, 1.807) is 35.8 Å². The molecule has 0 fully saturated rings. The molecule has 5 aromatic rings. The molecule has 6 heterocycles. The van der Waals surface area contributed by atoms with Gasteiger partial charge in [-0.3, -0.25) is 9.79 Å². The normalized spacial score (nSPS) is 18.9. The summed E-state index contributed by atoms with van der Waals surface area (Å²) in [6.45, 7) is 9.04. The highest BCUT2D eigenvalue weighted by molar-refractivity contribution is 6.15.